The predicted molar refractivity (Wildman–Crippen MR) is 525 cm³/mol. The minimum Gasteiger partial charge on any atom is -0.349 e. The molecule has 3 saturated heterocycles. The molecule has 3 aromatic carbocycles. The number of halogens is 3. The van der Waals surface area contributed by atoms with Gasteiger partial charge in [-0.15, -0.1) is 0 Å². The SMILES string of the molecule is C=CC(=O)N1CC(C)N(c2nc(=O)n(-c3c(C(C)C)ccnc3C(C)C)c3nc(-c4ccccc4C)c(F)cc23)CC1C.C=CC(=O)N1CC(C)N(c2nc(=O)n(-c3c(C)ccnc3C(C)C)c3nc(-c4ccccc4NC(=O)C(C)(C)C)c(Cl)cc23)CC1C.C=CC(=O)N1CC(C)N(c2nc(=O)n(-c3c(C)ccnc3C(C)C)c3nc(-c4ccccc4[N+](=O)[O-])c(Cl)cc23)CC1C. The van der Waals surface area contributed by atoms with Gasteiger partial charge < -0.3 is 34.7 Å². The van der Waals surface area contributed by atoms with E-state index >= 15 is 4.39 Å². The topological polar surface area (TPSA) is 325 Å². The molecule has 3 aliphatic rings. The van der Waals surface area contributed by atoms with E-state index in [1.165, 1.54) is 44.1 Å². The molecule has 4 amide bonds. The van der Waals surface area contributed by atoms with Gasteiger partial charge in [-0.05, 0) is 175 Å². The normalized spacial score (nSPS) is 17.0. The molecule has 15 rings (SSSR count). The van der Waals surface area contributed by atoms with Gasteiger partial charge in [-0.3, -0.25) is 44.2 Å². The first kappa shape index (κ1) is 96.9. The van der Waals surface area contributed by atoms with Crippen LogP contribution in [-0.4, -0.2) is 177 Å². The fourth-order valence-electron chi connectivity index (χ4n) is 17.7. The van der Waals surface area contributed by atoms with Crippen molar-refractivity contribution >= 4 is 109 Å². The number of carbonyl (C=O) groups is 4. The first-order valence-electron chi connectivity index (χ1n) is 44.6. The van der Waals surface area contributed by atoms with Crippen molar-refractivity contribution in [3.05, 3.63) is 263 Å². The molecule has 0 aliphatic carbocycles. The Morgan fingerprint density at radius 3 is 1.20 bits per heavy atom. The molecule has 12 aromatic rings. The number of amides is 4. The Labute approximate surface area is 782 Å². The molecule has 0 radical (unpaired) electrons. The fraction of sp³-hybridized carbons (Fsp3) is 0.366. The van der Waals surface area contributed by atoms with Crippen LogP contribution in [0, 0.1) is 42.1 Å². The summed E-state index contributed by atoms with van der Waals surface area (Å²) in [5.41, 5.74) is 8.71. The first-order valence-corrected chi connectivity index (χ1v) is 45.4. The standard InChI is InChI=1S/C36H42ClN7O3.C34H39FN6O2.C31H32ClN7O4/c1-10-28(45)42-18-23(6)43(19-22(42)5)32-25-17-26(37)30(24-13-11-12-14-27(24)39-34(46)36(7,8)9)40-33(25)44(35(47)41-32)31-21(4)15-16-38-29(31)20(2)3;1-9-28(42)39-17-23(8)40(18-22(39)7)32-26-16-27(35)30(25-13-11-10-12-21(25)6)37-33(26)41(34(43)38-32)31-24(19(2)3)14-15-36-29(31)20(4)5;1-7-25(40)36-15-20(6)37(16-19(36)5)29-22-14-23(32)27(21-10-8-9-11-24(21)39(42)43)34-30(22)38(31(41)35-29)28-18(4)12-13-33-26(28)17(2)3/h10-17,20,22-23H,1,18-19H2,2-9H3,(H,39,46);9-16,19-20,22-23H,1,17-18H2,2-8H3;7-14,17,19-20H,1,15-16H2,2-6H3. The Morgan fingerprint density at radius 1 is 0.459 bits per heavy atom. The van der Waals surface area contributed by atoms with Crippen molar-refractivity contribution in [2.24, 2.45) is 5.41 Å². The monoisotopic (exact) mass is 1840 g/mol. The molecule has 0 bridgehead atoms. The van der Waals surface area contributed by atoms with E-state index in [4.69, 9.17) is 38.2 Å². The summed E-state index contributed by atoms with van der Waals surface area (Å²) in [4.78, 5) is 159. The lowest BCUT2D eigenvalue weighted by molar-refractivity contribution is -0.384. The molecule has 0 spiro atoms. The Kier molecular flexibility index (Phi) is 28.7. The Hall–Kier alpha value is -13.6. The molecule has 3 aliphatic heterocycles. The molecule has 133 heavy (non-hydrogen) atoms. The lowest BCUT2D eigenvalue weighted by Gasteiger charge is -2.44. The zero-order valence-corrected chi connectivity index (χ0v) is 80.3. The second kappa shape index (κ2) is 39.4. The maximum Gasteiger partial charge on any atom is 0.355 e. The Morgan fingerprint density at radius 2 is 0.812 bits per heavy atom. The van der Waals surface area contributed by atoms with E-state index in [2.05, 4.69) is 68.8 Å². The highest BCUT2D eigenvalue weighted by molar-refractivity contribution is 6.34. The number of rotatable bonds is 18. The molecule has 29 nitrogen and oxygen atoms in total. The largest absolute Gasteiger partial charge is 0.355 e. The van der Waals surface area contributed by atoms with E-state index in [1.807, 2.05) is 206 Å². The van der Waals surface area contributed by atoms with E-state index < -0.39 is 33.2 Å². The lowest BCUT2D eigenvalue weighted by Crippen LogP contribution is -2.58. The minimum absolute atomic E-state index is 0.00274. The number of aromatic nitrogens is 12. The molecule has 9 aromatic heterocycles. The summed E-state index contributed by atoms with van der Waals surface area (Å²) in [6, 6.07) is 30.4. The zero-order chi connectivity index (χ0) is 96.7. The first-order chi connectivity index (χ1) is 63.0. The Balaban J connectivity index is 0.000000170. The molecule has 1 N–H and O–H groups in total. The van der Waals surface area contributed by atoms with E-state index in [1.54, 1.807) is 63.6 Å². The highest BCUT2D eigenvalue weighted by Crippen LogP contribution is 2.44. The average Bonchev–Trinajstić information content (AvgIpc) is 0.730. The molecule has 0 saturated carbocycles. The van der Waals surface area contributed by atoms with Crippen LogP contribution < -0.4 is 37.1 Å². The number of benzene rings is 3. The van der Waals surface area contributed by atoms with Gasteiger partial charge in [-0.1, -0.05) is 174 Å². The van der Waals surface area contributed by atoms with Gasteiger partial charge in [0.05, 0.1) is 87.9 Å². The highest BCUT2D eigenvalue weighted by atomic mass is 35.5. The van der Waals surface area contributed by atoms with Crippen molar-refractivity contribution in [1.82, 2.24) is 73.3 Å². The highest BCUT2D eigenvalue weighted by Gasteiger charge is 2.40. The van der Waals surface area contributed by atoms with Gasteiger partial charge in [0.25, 0.3) is 5.69 Å². The van der Waals surface area contributed by atoms with Crippen molar-refractivity contribution in [1.29, 1.82) is 0 Å². The van der Waals surface area contributed by atoms with E-state index in [9.17, 15) is 43.7 Å². The molecule has 6 unspecified atom stereocenters. The summed E-state index contributed by atoms with van der Waals surface area (Å²) in [5.74, 6) is 0.0890. The van der Waals surface area contributed by atoms with Crippen LogP contribution in [0.4, 0.5) is 33.2 Å². The van der Waals surface area contributed by atoms with Crippen molar-refractivity contribution in [2.45, 2.75) is 198 Å². The van der Waals surface area contributed by atoms with Crippen molar-refractivity contribution in [2.75, 3.05) is 59.3 Å². The van der Waals surface area contributed by atoms with Crippen LogP contribution in [0.5, 0.6) is 0 Å². The maximum atomic E-state index is 16.1. The number of carbonyl (C=O) groups excluding carboxylic acids is 4. The number of pyridine rings is 6. The fourth-order valence-corrected chi connectivity index (χ4v) is 18.2. The number of para-hydroxylation sites is 2. The summed E-state index contributed by atoms with van der Waals surface area (Å²) in [7, 11) is 0. The molecule has 12 heterocycles. The third kappa shape index (κ3) is 19.2. The number of aryl methyl sites for hydroxylation is 3. The van der Waals surface area contributed by atoms with Crippen LogP contribution in [0.15, 0.2) is 180 Å². The number of fused-ring (bicyclic) bond motifs is 3. The van der Waals surface area contributed by atoms with Gasteiger partial charge in [-0.2, -0.15) is 15.0 Å². The summed E-state index contributed by atoms with van der Waals surface area (Å²) >= 11 is 13.9. The maximum absolute atomic E-state index is 16.1. The van der Waals surface area contributed by atoms with Crippen molar-refractivity contribution in [3.8, 4) is 50.8 Å². The predicted octanol–water partition coefficient (Wildman–Crippen LogP) is 18.1. The number of nitrogens with zero attached hydrogens (tertiary/aromatic N) is 19. The Bertz CT molecular complexity index is 6820. The smallest absolute Gasteiger partial charge is 0.349 e. The van der Waals surface area contributed by atoms with Gasteiger partial charge >= 0.3 is 17.1 Å². The number of piperazine rings is 3. The quantitative estimate of drug-likeness (QED) is 0.0474. The van der Waals surface area contributed by atoms with Crippen LogP contribution in [0.3, 0.4) is 0 Å². The van der Waals surface area contributed by atoms with Gasteiger partial charge in [-0.25, -0.2) is 47.4 Å². The van der Waals surface area contributed by atoms with E-state index in [-0.39, 0.29) is 117 Å². The minimum atomic E-state index is -0.631. The van der Waals surface area contributed by atoms with E-state index in [0.29, 0.717) is 134 Å². The number of hydrogen-bond donors (Lipinski definition) is 1. The number of anilines is 4. The van der Waals surface area contributed by atoms with Gasteiger partial charge in [0, 0.05) is 117 Å². The molecule has 6 atom stereocenters. The van der Waals surface area contributed by atoms with Gasteiger partial charge in [0.1, 0.15) is 29.0 Å². The molecule has 692 valence electrons. The van der Waals surface area contributed by atoms with Gasteiger partial charge in [0.15, 0.2) is 16.9 Å². The van der Waals surface area contributed by atoms with Crippen molar-refractivity contribution in [3.63, 3.8) is 0 Å². The zero-order valence-electron chi connectivity index (χ0n) is 78.8. The summed E-state index contributed by atoms with van der Waals surface area (Å²) in [5, 5.41) is 16.9. The second-order valence-corrected chi connectivity index (χ2v) is 37.5. The average molecular weight is 1840 g/mol. The van der Waals surface area contributed by atoms with Gasteiger partial charge in [0.2, 0.25) is 23.6 Å². The van der Waals surface area contributed by atoms with Crippen molar-refractivity contribution < 1.29 is 28.5 Å². The van der Waals surface area contributed by atoms with E-state index in [0.717, 1.165) is 33.6 Å². The van der Waals surface area contributed by atoms with Crippen LogP contribution in [-0.2, 0) is 19.2 Å². The van der Waals surface area contributed by atoms with Crippen LogP contribution in [0.1, 0.15) is 181 Å². The van der Waals surface area contributed by atoms with Crippen LogP contribution in [0.2, 0.25) is 10.0 Å². The number of nitro benzene ring substituents is 1. The van der Waals surface area contributed by atoms with Crippen LogP contribution in [0.25, 0.3) is 83.9 Å². The molecular formula is C101H113Cl2FN20O9. The number of hydrogen-bond acceptors (Lipinski definition) is 21. The third-order valence-electron chi connectivity index (χ3n) is 24.6. The third-order valence-corrected chi connectivity index (χ3v) is 25.2. The number of nitro groups is 1. The summed E-state index contributed by atoms with van der Waals surface area (Å²) in [6.45, 7) is 52.6. The molecular weight excluding hydrogens is 1730 g/mol. The summed E-state index contributed by atoms with van der Waals surface area (Å²) < 4.78 is 20.6. The lowest BCUT2D eigenvalue weighted by atomic mass is 9.95. The molecule has 3 fully saturated rings. The number of nitrogens with one attached hydrogen (secondary N) is 1. The molecule has 32 heteroatoms. The van der Waals surface area contributed by atoms with Crippen LogP contribution >= 0.6 is 23.2 Å². The second-order valence-electron chi connectivity index (χ2n) is 36.7. The summed E-state index contributed by atoms with van der Waals surface area (Å²) in [6.07, 6.45) is 9.13.